The summed E-state index contributed by atoms with van der Waals surface area (Å²) >= 11 is 0. The van der Waals surface area contributed by atoms with E-state index in [9.17, 15) is 19.5 Å². The zero-order valence-corrected chi connectivity index (χ0v) is 20.4. The molecule has 0 bridgehead atoms. The van der Waals surface area contributed by atoms with Crippen LogP contribution in [-0.4, -0.2) is 52.7 Å². The number of epoxide rings is 1. The van der Waals surface area contributed by atoms with Gasteiger partial charge in [-0.05, 0) is 31.2 Å². The number of amides is 1. The van der Waals surface area contributed by atoms with Crippen molar-refractivity contribution >= 4 is 17.7 Å². The average molecular weight is 480 g/mol. The van der Waals surface area contributed by atoms with E-state index in [1.807, 2.05) is 42.5 Å². The molecule has 0 radical (unpaired) electrons. The first-order valence-electron chi connectivity index (χ1n) is 12.5. The molecule has 1 aliphatic carbocycles. The fourth-order valence-electron chi connectivity index (χ4n) is 6.54. The quantitative estimate of drug-likeness (QED) is 0.392. The topological polar surface area (TPSA) is 105 Å². The van der Waals surface area contributed by atoms with Crippen LogP contribution in [0, 0.1) is 23.7 Å². The highest BCUT2D eigenvalue weighted by molar-refractivity contribution is 5.98. The van der Waals surface area contributed by atoms with Crippen LogP contribution in [0.1, 0.15) is 39.2 Å². The molecule has 3 fully saturated rings. The number of ketones is 1. The van der Waals surface area contributed by atoms with Crippen molar-refractivity contribution < 1.29 is 29.0 Å². The predicted molar refractivity (Wildman–Crippen MR) is 128 cm³/mol. The van der Waals surface area contributed by atoms with Crippen LogP contribution in [-0.2, 0) is 30.3 Å². The molecular weight excluding hydrogens is 446 g/mol. The molecule has 7 heteroatoms. The first-order valence-corrected chi connectivity index (χ1v) is 12.5. The number of hydrogen-bond acceptors (Lipinski definition) is 6. The number of nitrogens with one attached hydrogen (secondary N) is 1. The first-order chi connectivity index (χ1) is 16.7. The van der Waals surface area contributed by atoms with Crippen LogP contribution in [0.3, 0.4) is 0 Å². The number of esters is 1. The molecule has 2 saturated heterocycles. The lowest BCUT2D eigenvalue weighted by atomic mass is 9.59. The number of fused-ring (bicyclic) bond motifs is 2. The molecule has 7 nitrogen and oxygen atoms in total. The van der Waals surface area contributed by atoms with Gasteiger partial charge < -0.3 is 19.9 Å². The van der Waals surface area contributed by atoms with Crippen molar-refractivity contribution in [2.75, 3.05) is 6.61 Å². The Kier molecular flexibility index (Phi) is 5.96. The van der Waals surface area contributed by atoms with Crippen molar-refractivity contribution in [1.82, 2.24) is 5.32 Å². The fourth-order valence-corrected chi connectivity index (χ4v) is 6.54. The summed E-state index contributed by atoms with van der Waals surface area (Å²) in [5.41, 5.74) is -0.520. The standard InChI is InChI=1S/C28H33NO6/c1-16-8-7-11-20-25-27(3,35-25)17(2)23-21(14-18-9-5-4-6-10-18)29-26(33)28(20,23)34-22(31)13-12-19(15-30)24(16)32/h4-7,9-12,16-17,20-21,23,25,30H,8,13-15H2,1-3H3,(H,29,33)/b11-7-,19-12-/t16-,17-,20-,21-,23-,25-,27+,28-/m0/s1. The summed E-state index contributed by atoms with van der Waals surface area (Å²) < 4.78 is 12.4. The maximum atomic E-state index is 13.8. The van der Waals surface area contributed by atoms with Gasteiger partial charge in [0, 0.05) is 23.5 Å². The largest absolute Gasteiger partial charge is 0.448 e. The van der Waals surface area contributed by atoms with Crippen molar-refractivity contribution in [3.63, 3.8) is 0 Å². The maximum Gasteiger partial charge on any atom is 0.310 e. The highest BCUT2D eigenvalue weighted by Gasteiger charge is 2.78. The summed E-state index contributed by atoms with van der Waals surface area (Å²) in [5, 5.41) is 12.9. The molecule has 1 aromatic rings. The smallest absolute Gasteiger partial charge is 0.310 e. The number of benzene rings is 1. The Morgan fingerprint density at radius 3 is 2.60 bits per heavy atom. The van der Waals surface area contributed by atoms with E-state index in [0.717, 1.165) is 5.56 Å². The van der Waals surface area contributed by atoms with Crippen molar-refractivity contribution in [2.24, 2.45) is 23.7 Å². The minimum absolute atomic E-state index is 0.0328. The first kappa shape index (κ1) is 23.9. The number of ether oxygens (including phenoxy) is 2. The molecule has 3 aliphatic heterocycles. The third-order valence-electron chi connectivity index (χ3n) is 8.62. The van der Waals surface area contributed by atoms with E-state index < -0.39 is 29.7 Å². The van der Waals surface area contributed by atoms with Crippen LogP contribution in [0.5, 0.6) is 0 Å². The van der Waals surface area contributed by atoms with Gasteiger partial charge in [0.25, 0.3) is 5.91 Å². The summed E-state index contributed by atoms with van der Waals surface area (Å²) in [6, 6.07) is 9.76. The third kappa shape index (κ3) is 3.76. The lowest BCUT2D eigenvalue weighted by molar-refractivity contribution is -0.181. The van der Waals surface area contributed by atoms with Gasteiger partial charge in [-0.25, -0.2) is 0 Å². The van der Waals surface area contributed by atoms with Gasteiger partial charge >= 0.3 is 5.97 Å². The zero-order chi connectivity index (χ0) is 25.0. The second-order valence-electron chi connectivity index (χ2n) is 10.6. The van der Waals surface area contributed by atoms with Gasteiger partial charge in [-0.3, -0.25) is 14.4 Å². The van der Waals surface area contributed by atoms with Gasteiger partial charge in [-0.15, -0.1) is 0 Å². The van der Waals surface area contributed by atoms with E-state index in [0.29, 0.717) is 12.8 Å². The molecule has 3 heterocycles. The lowest BCUT2D eigenvalue weighted by Crippen LogP contribution is -2.61. The van der Waals surface area contributed by atoms with Gasteiger partial charge in [-0.1, -0.05) is 62.4 Å². The van der Waals surface area contributed by atoms with Gasteiger partial charge in [0.1, 0.15) is 0 Å². The Morgan fingerprint density at radius 1 is 1.14 bits per heavy atom. The highest BCUT2D eigenvalue weighted by atomic mass is 16.6. The molecule has 1 amide bonds. The van der Waals surface area contributed by atoms with Gasteiger partial charge in [0.2, 0.25) is 5.60 Å². The van der Waals surface area contributed by atoms with Crippen molar-refractivity contribution in [3.05, 3.63) is 59.7 Å². The van der Waals surface area contributed by atoms with Crippen molar-refractivity contribution in [3.8, 4) is 0 Å². The molecule has 0 unspecified atom stereocenters. The molecule has 0 aromatic heterocycles. The van der Waals surface area contributed by atoms with E-state index in [1.54, 1.807) is 6.92 Å². The van der Waals surface area contributed by atoms with E-state index >= 15 is 0 Å². The predicted octanol–water partition coefficient (Wildman–Crippen LogP) is 2.52. The lowest BCUT2D eigenvalue weighted by Gasteiger charge is -2.46. The molecule has 2 N–H and O–H groups in total. The van der Waals surface area contributed by atoms with Gasteiger partial charge in [0.05, 0.1) is 30.7 Å². The Bertz CT molecular complexity index is 1100. The number of Topliss-reactive ketones (excluding diaryl/α,β-unsaturated/α-hetero) is 1. The van der Waals surface area contributed by atoms with Crippen LogP contribution >= 0.6 is 0 Å². The molecule has 5 rings (SSSR count). The number of allylic oxidation sites excluding steroid dienone is 1. The molecule has 1 spiro atoms. The number of rotatable bonds is 3. The fraction of sp³-hybridized carbons (Fsp3) is 0.536. The monoisotopic (exact) mass is 479 g/mol. The normalized spacial score (nSPS) is 43.2. The van der Waals surface area contributed by atoms with Gasteiger partial charge in [-0.2, -0.15) is 0 Å². The summed E-state index contributed by atoms with van der Waals surface area (Å²) in [6.45, 7) is 5.51. The third-order valence-corrected chi connectivity index (χ3v) is 8.62. The molecule has 186 valence electrons. The molecule has 4 aliphatic rings. The Morgan fingerprint density at radius 2 is 1.89 bits per heavy atom. The van der Waals surface area contributed by atoms with E-state index in [-0.39, 0.29) is 53.6 Å². The SMILES string of the molecule is C[C@H]1C/C=C\[C@H]2[C@@H]3O[C@]3(C)[C@@H](C)[C@H]3[C@H](Cc4ccccc4)NC(=O)[C@@]32OC(=O)C/C=C(/CO)C1=O. The second kappa shape index (κ2) is 8.71. The minimum Gasteiger partial charge on any atom is -0.448 e. The zero-order valence-electron chi connectivity index (χ0n) is 20.4. The molecule has 1 aromatic carbocycles. The van der Waals surface area contributed by atoms with E-state index in [2.05, 4.69) is 19.2 Å². The molecule has 35 heavy (non-hydrogen) atoms. The Labute approximate surface area is 205 Å². The highest BCUT2D eigenvalue weighted by Crippen LogP contribution is 2.63. The van der Waals surface area contributed by atoms with Crippen LogP contribution in [0.15, 0.2) is 54.1 Å². The van der Waals surface area contributed by atoms with Crippen molar-refractivity contribution in [2.45, 2.75) is 63.4 Å². The summed E-state index contributed by atoms with van der Waals surface area (Å²) in [7, 11) is 0. The molecular formula is C28H33NO6. The minimum atomic E-state index is -1.40. The Balaban J connectivity index is 1.58. The number of aliphatic hydroxyl groups is 1. The number of hydrogen-bond donors (Lipinski definition) is 2. The average Bonchev–Trinajstić information content (AvgIpc) is 3.46. The molecule has 8 atom stereocenters. The Hall–Kier alpha value is -2.77. The number of carbonyl (C=O) groups is 3. The number of carbonyl (C=O) groups excluding carboxylic acids is 3. The van der Waals surface area contributed by atoms with Crippen LogP contribution < -0.4 is 5.32 Å². The summed E-state index contributed by atoms with van der Waals surface area (Å²) in [5.74, 6) is -2.21. The second-order valence-corrected chi connectivity index (χ2v) is 10.6. The maximum absolute atomic E-state index is 13.8. The number of aliphatic hydroxyl groups excluding tert-OH is 1. The van der Waals surface area contributed by atoms with Crippen LogP contribution in [0.2, 0.25) is 0 Å². The van der Waals surface area contributed by atoms with E-state index in [1.165, 1.54) is 6.08 Å². The van der Waals surface area contributed by atoms with Crippen LogP contribution in [0.25, 0.3) is 0 Å². The van der Waals surface area contributed by atoms with E-state index in [4.69, 9.17) is 9.47 Å². The summed E-state index contributed by atoms with van der Waals surface area (Å²) in [4.78, 5) is 39.6. The van der Waals surface area contributed by atoms with Crippen molar-refractivity contribution in [1.29, 1.82) is 0 Å². The molecule has 1 saturated carbocycles. The summed E-state index contributed by atoms with van der Waals surface area (Å²) in [6.07, 6.45) is 5.88. The van der Waals surface area contributed by atoms with Crippen LogP contribution in [0.4, 0.5) is 0 Å². The van der Waals surface area contributed by atoms with Gasteiger partial charge in [0.15, 0.2) is 5.78 Å².